The molecule has 1 aromatic carbocycles. The maximum Gasteiger partial charge on any atom is 0.257 e. The van der Waals surface area contributed by atoms with Crippen LogP contribution < -0.4 is 10.6 Å². The number of nitrogens with one attached hydrogen (secondary N) is 2. The lowest BCUT2D eigenvalue weighted by Crippen LogP contribution is -2.59. The summed E-state index contributed by atoms with van der Waals surface area (Å²) in [7, 11) is 0. The molecule has 2 amide bonds. The standard InChI is InChI=1S/C21H26ClFN4O2/c1-3-24-20(29)21(11-5-4-6-12-21)25-19(28)17-14(2)26-27(18(17)22)13-15-7-9-16(23)10-8-15/h7-10H,3-6,11-13H2,1-2H3,(H,24,29)(H,25,28). The van der Waals surface area contributed by atoms with E-state index in [1.807, 2.05) is 6.92 Å². The predicted octanol–water partition coefficient (Wildman–Crippen LogP) is 3.60. The molecule has 6 nitrogen and oxygen atoms in total. The minimum Gasteiger partial charge on any atom is -0.354 e. The van der Waals surface area contributed by atoms with Crippen molar-refractivity contribution in [3.8, 4) is 0 Å². The van der Waals surface area contributed by atoms with Crippen molar-refractivity contribution in [2.75, 3.05) is 6.54 Å². The second-order valence-electron chi connectivity index (χ2n) is 7.49. The first-order valence-electron chi connectivity index (χ1n) is 9.94. The Kier molecular flexibility index (Phi) is 6.57. The number of carbonyl (C=O) groups is 2. The summed E-state index contributed by atoms with van der Waals surface area (Å²) in [4.78, 5) is 25.8. The highest BCUT2D eigenvalue weighted by Crippen LogP contribution is 2.30. The first kappa shape index (κ1) is 21.3. The normalized spacial score (nSPS) is 15.7. The van der Waals surface area contributed by atoms with Crippen LogP contribution in [0.5, 0.6) is 0 Å². The Hall–Kier alpha value is -2.41. The zero-order valence-electron chi connectivity index (χ0n) is 16.7. The summed E-state index contributed by atoms with van der Waals surface area (Å²) in [6.45, 7) is 4.39. The molecule has 3 rings (SSSR count). The highest BCUT2D eigenvalue weighted by atomic mass is 35.5. The van der Waals surface area contributed by atoms with Gasteiger partial charge in [0.1, 0.15) is 16.5 Å². The van der Waals surface area contributed by atoms with Crippen molar-refractivity contribution in [3.05, 3.63) is 52.1 Å². The van der Waals surface area contributed by atoms with E-state index < -0.39 is 11.4 Å². The van der Waals surface area contributed by atoms with Crippen molar-refractivity contribution in [1.29, 1.82) is 0 Å². The molecule has 1 heterocycles. The summed E-state index contributed by atoms with van der Waals surface area (Å²) >= 11 is 6.47. The molecule has 1 fully saturated rings. The molecule has 0 bridgehead atoms. The fraction of sp³-hybridized carbons (Fsp3) is 0.476. The van der Waals surface area contributed by atoms with Crippen molar-refractivity contribution >= 4 is 23.4 Å². The van der Waals surface area contributed by atoms with Crippen LogP contribution in [-0.4, -0.2) is 33.7 Å². The van der Waals surface area contributed by atoms with E-state index in [4.69, 9.17) is 11.6 Å². The first-order valence-corrected chi connectivity index (χ1v) is 10.3. The molecule has 8 heteroatoms. The third-order valence-electron chi connectivity index (χ3n) is 5.37. The first-order chi connectivity index (χ1) is 13.9. The maximum atomic E-state index is 13.1. The molecule has 0 aliphatic heterocycles. The van der Waals surface area contributed by atoms with Crippen LogP contribution in [0.25, 0.3) is 0 Å². The second kappa shape index (κ2) is 8.95. The van der Waals surface area contributed by atoms with Gasteiger partial charge < -0.3 is 10.6 Å². The van der Waals surface area contributed by atoms with Crippen LogP contribution in [0.15, 0.2) is 24.3 Å². The quantitative estimate of drug-likeness (QED) is 0.749. The molecule has 1 aromatic heterocycles. The number of nitrogens with zero attached hydrogens (tertiary/aromatic N) is 2. The Morgan fingerprint density at radius 3 is 2.48 bits per heavy atom. The minimum atomic E-state index is -0.916. The zero-order chi connectivity index (χ0) is 21.0. The second-order valence-corrected chi connectivity index (χ2v) is 7.85. The zero-order valence-corrected chi connectivity index (χ0v) is 17.5. The van der Waals surface area contributed by atoms with Crippen molar-refractivity contribution in [2.45, 2.75) is 58.0 Å². The predicted molar refractivity (Wildman–Crippen MR) is 109 cm³/mol. The fourth-order valence-corrected chi connectivity index (χ4v) is 4.17. The Bertz CT molecular complexity index is 889. The SMILES string of the molecule is CCNC(=O)C1(NC(=O)c2c(C)nn(Cc3ccc(F)cc3)c2Cl)CCCCC1. The van der Waals surface area contributed by atoms with E-state index in [-0.39, 0.29) is 22.4 Å². The van der Waals surface area contributed by atoms with Crippen LogP contribution in [0.2, 0.25) is 5.15 Å². The number of likely N-dealkylation sites (N-methyl/N-ethyl adjacent to an activating group) is 1. The number of hydrogen-bond acceptors (Lipinski definition) is 3. The van der Waals surface area contributed by atoms with Gasteiger partial charge in [-0.1, -0.05) is 43.0 Å². The van der Waals surface area contributed by atoms with Crippen LogP contribution >= 0.6 is 11.6 Å². The molecule has 156 valence electrons. The van der Waals surface area contributed by atoms with Crippen LogP contribution in [0.3, 0.4) is 0 Å². The summed E-state index contributed by atoms with van der Waals surface area (Å²) in [5, 5.41) is 10.4. The molecule has 2 aromatic rings. The van der Waals surface area contributed by atoms with Gasteiger partial charge in [0.15, 0.2) is 0 Å². The van der Waals surface area contributed by atoms with Gasteiger partial charge in [0.2, 0.25) is 5.91 Å². The van der Waals surface area contributed by atoms with Gasteiger partial charge in [-0.15, -0.1) is 0 Å². The van der Waals surface area contributed by atoms with Crippen molar-refractivity contribution in [3.63, 3.8) is 0 Å². The monoisotopic (exact) mass is 420 g/mol. The van der Waals surface area contributed by atoms with E-state index in [9.17, 15) is 14.0 Å². The molecule has 1 aliphatic carbocycles. The maximum absolute atomic E-state index is 13.1. The van der Waals surface area contributed by atoms with Crippen LogP contribution in [0.4, 0.5) is 4.39 Å². The molecule has 0 atom stereocenters. The number of carbonyl (C=O) groups excluding carboxylic acids is 2. The third kappa shape index (κ3) is 4.61. The summed E-state index contributed by atoms with van der Waals surface area (Å²) < 4.78 is 14.6. The minimum absolute atomic E-state index is 0.152. The highest BCUT2D eigenvalue weighted by molar-refractivity contribution is 6.33. The lowest BCUT2D eigenvalue weighted by molar-refractivity contribution is -0.128. The van der Waals surface area contributed by atoms with E-state index in [0.29, 0.717) is 31.6 Å². The number of hydrogen-bond donors (Lipinski definition) is 2. The number of benzene rings is 1. The summed E-state index contributed by atoms with van der Waals surface area (Å²) in [5.41, 5.74) is 0.647. The summed E-state index contributed by atoms with van der Waals surface area (Å²) in [6, 6.07) is 6.03. The number of aromatic nitrogens is 2. The molecule has 0 radical (unpaired) electrons. The van der Waals surface area contributed by atoms with E-state index in [2.05, 4.69) is 15.7 Å². The Morgan fingerprint density at radius 2 is 1.86 bits per heavy atom. The van der Waals surface area contributed by atoms with Crippen molar-refractivity contribution < 1.29 is 14.0 Å². The Balaban J connectivity index is 1.83. The van der Waals surface area contributed by atoms with Gasteiger partial charge in [-0.25, -0.2) is 9.07 Å². The Labute approximate surface area is 174 Å². The van der Waals surface area contributed by atoms with Crippen LogP contribution in [0.1, 0.15) is 60.6 Å². The molecule has 0 saturated heterocycles. The fourth-order valence-electron chi connectivity index (χ4n) is 3.85. The Morgan fingerprint density at radius 1 is 1.21 bits per heavy atom. The molecule has 0 spiro atoms. The number of rotatable bonds is 6. The average molecular weight is 421 g/mol. The molecular weight excluding hydrogens is 395 g/mol. The van der Waals surface area contributed by atoms with E-state index in [0.717, 1.165) is 24.8 Å². The average Bonchev–Trinajstić information content (AvgIpc) is 2.97. The molecule has 0 unspecified atom stereocenters. The van der Waals surface area contributed by atoms with Gasteiger partial charge in [-0.2, -0.15) is 5.10 Å². The van der Waals surface area contributed by atoms with E-state index in [1.165, 1.54) is 16.8 Å². The van der Waals surface area contributed by atoms with Gasteiger partial charge in [0.25, 0.3) is 5.91 Å². The lowest BCUT2D eigenvalue weighted by atomic mass is 9.80. The summed E-state index contributed by atoms with van der Waals surface area (Å²) in [6.07, 6.45) is 4.02. The topological polar surface area (TPSA) is 76.0 Å². The third-order valence-corrected chi connectivity index (χ3v) is 5.75. The molecule has 2 N–H and O–H groups in total. The van der Waals surface area contributed by atoms with Gasteiger partial charge in [-0.05, 0) is 44.4 Å². The van der Waals surface area contributed by atoms with Crippen molar-refractivity contribution in [2.24, 2.45) is 0 Å². The lowest BCUT2D eigenvalue weighted by Gasteiger charge is -2.36. The van der Waals surface area contributed by atoms with E-state index in [1.54, 1.807) is 19.1 Å². The van der Waals surface area contributed by atoms with Gasteiger partial charge in [0.05, 0.1) is 17.8 Å². The molecular formula is C21H26ClFN4O2. The summed E-state index contributed by atoms with van der Waals surface area (Å²) in [5.74, 6) is -0.869. The highest BCUT2D eigenvalue weighted by Gasteiger charge is 2.41. The van der Waals surface area contributed by atoms with Crippen molar-refractivity contribution in [1.82, 2.24) is 20.4 Å². The van der Waals surface area contributed by atoms with E-state index >= 15 is 0 Å². The van der Waals surface area contributed by atoms with Gasteiger partial charge >= 0.3 is 0 Å². The van der Waals surface area contributed by atoms with Crippen LogP contribution in [-0.2, 0) is 11.3 Å². The largest absolute Gasteiger partial charge is 0.354 e. The smallest absolute Gasteiger partial charge is 0.257 e. The van der Waals surface area contributed by atoms with Gasteiger partial charge in [0, 0.05) is 6.54 Å². The van der Waals surface area contributed by atoms with Gasteiger partial charge in [-0.3, -0.25) is 9.59 Å². The molecule has 1 saturated carbocycles. The number of aryl methyl sites for hydroxylation is 1. The number of amides is 2. The molecule has 29 heavy (non-hydrogen) atoms. The number of halogens is 2. The molecule has 1 aliphatic rings. The van der Waals surface area contributed by atoms with Crippen LogP contribution in [0, 0.1) is 12.7 Å².